The summed E-state index contributed by atoms with van der Waals surface area (Å²) in [5.74, 6) is 1.09. The summed E-state index contributed by atoms with van der Waals surface area (Å²) < 4.78 is 4.94. The first-order chi connectivity index (χ1) is 10.2. The third kappa shape index (κ3) is 4.27. The van der Waals surface area contributed by atoms with E-state index in [-0.39, 0.29) is 5.97 Å². The number of nitrogens with one attached hydrogen (secondary N) is 2. The number of carbonyl (C=O) groups excluding carboxylic acids is 1. The molecule has 0 unspecified atom stereocenters. The fourth-order valence-corrected chi connectivity index (χ4v) is 1.85. The van der Waals surface area contributed by atoms with Gasteiger partial charge >= 0.3 is 5.97 Å². The van der Waals surface area contributed by atoms with Crippen LogP contribution in [-0.2, 0) is 11.2 Å². The number of hydrogen-bond acceptors (Lipinski definition) is 6. The molecule has 0 aliphatic heterocycles. The van der Waals surface area contributed by atoms with Gasteiger partial charge in [-0.15, -0.1) is 0 Å². The highest BCUT2D eigenvalue weighted by atomic mass is 16.5. The zero-order chi connectivity index (χ0) is 15.1. The molecule has 7 heteroatoms. The van der Waals surface area contributed by atoms with Gasteiger partial charge in [-0.25, -0.2) is 19.7 Å². The first-order valence-electron chi connectivity index (χ1n) is 6.93. The van der Waals surface area contributed by atoms with Crippen LogP contribution in [0.5, 0.6) is 0 Å². The molecule has 0 amide bonds. The zero-order valence-electron chi connectivity index (χ0n) is 12.2. The van der Waals surface area contributed by atoms with E-state index in [0.717, 1.165) is 25.2 Å². The number of nitrogens with zero attached hydrogens (tertiary/aromatic N) is 3. The van der Waals surface area contributed by atoms with Crippen LogP contribution in [0.2, 0.25) is 0 Å². The highest BCUT2D eigenvalue weighted by Gasteiger charge is 2.12. The van der Waals surface area contributed by atoms with Crippen LogP contribution < -0.4 is 5.32 Å². The van der Waals surface area contributed by atoms with Crippen LogP contribution in [0, 0.1) is 6.92 Å². The van der Waals surface area contributed by atoms with E-state index < -0.39 is 0 Å². The van der Waals surface area contributed by atoms with Gasteiger partial charge < -0.3 is 15.0 Å². The van der Waals surface area contributed by atoms with Gasteiger partial charge in [-0.3, -0.25) is 0 Å². The lowest BCUT2D eigenvalue weighted by atomic mass is 10.2. The topological polar surface area (TPSA) is 92.8 Å². The molecule has 0 radical (unpaired) electrons. The Morgan fingerprint density at radius 1 is 1.43 bits per heavy atom. The number of aromatic nitrogens is 4. The monoisotopic (exact) mass is 289 g/mol. The second-order valence-corrected chi connectivity index (χ2v) is 4.48. The molecule has 2 N–H and O–H groups in total. The smallest absolute Gasteiger partial charge is 0.341 e. The van der Waals surface area contributed by atoms with Crippen LogP contribution >= 0.6 is 0 Å². The average molecular weight is 289 g/mol. The molecule has 2 heterocycles. The van der Waals surface area contributed by atoms with Crippen molar-refractivity contribution >= 4 is 11.9 Å². The summed E-state index contributed by atoms with van der Waals surface area (Å²) in [5.41, 5.74) is 1.01. The molecule has 0 aromatic carbocycles. The van der Waals surface area contributed by atoms with E-state index in [1.807, 2.05) is 6.20 Å². The van der Waals surface area contributed by atoms with Gasteiger partial charge in [0.05, 0.1) is 17.9 Å². The van der Waals surface area contributed by atoms with Gasteiger partial charge in [-0.1, -0.05) is 0 Å². The minimum absolute atomic E-state index is 0.338. The minimum atomic E-state index is -0.389. The highest BCUT2D eigenvalue weighted by molar-refractivity contribution is 5.90. The predicted molar refractivity (Wildman–Crippen MR) is 78.1 cm³/mol. The lowest BCUT2D eigenvalue weighted by Crippen LogP contribution is -2.12. The van der Waals surface area contributed by atoms with Crippen molar-refractivity contribution in [3.63, 3.8) is 0 Å². The SMILES string of the molecule is CCOC(=O)c1cnc(NCCCc2ncc[nH]2)nc1C. The van der Waals surface area contributed by atoms with Crippen molar-refractivity contribution in [1.29, 1.82) is 0 Å². The van der Waals surface area contributed by atoms with Crippen molar-refractivity contribution in [2.45, 2.75) is 26.7 Å². The largest absolute Gasteiger partial charge is 0.462 e. The number of rotatable bonds is 7. The van der Waals surface area contributed by atoms with Crippen molar-refractivity contribution in [1.82, 2.24) is 19.9 Å². The van der Waals surface area contributed by atoms with Crippen molar-refractivity contribution in [2.75, 3.05) is 18.5 Å². The molecule has 2 aromatic heterocycles. The van der Waals surface area contributed by atoms with Crippen molar-refractivity contribution in [2.24, 2.45) is 0 Å². The summed E-state index contributed by atoms with van der Waals surface area (Å²) in [6, 6.07) is 0. The number of ether oxygens (including phenoxy) is 1. The number of esters is 1. The molecule has 2 aromatic rings. The molecule has 0 aliphatic carbocycles. The Bertz CT molecular complexity index is 583. The molecule has 0 saturated carbocycles. The molecule has 112 valence electrons. The predicted octanol–water partition coefficient (Wildman–Crippen LogP) is 1.73. The Balaban J connectivity index is 1.84. The van der Waals surface area contributed by atoms with E-state index in [1.165, 1.54) is 6.20 Å². The molecule has 7 nitrogen and oxygen atoms in total. The lowest BCUT2D eigenvalue weighted by molar-refractivity contribution is 0.0524. The van der Waals surface area contributed by atoms with Crippen LogP contribution in [-0.4, -0.2) is 39.1 Å². The third-order valence-corrected chi connectivity index (χ3v) is 2.90. The normalized spacial score (nSPS) is 10.4. The molecule has 0 bridgehead atoms. The van der Waals surface area contributed by atoms with Gasteiger partial charge in [0.25, 0.3) is 0 Å². The first-order valence-corrected chi connectivity index (χ1v) is 6.93. The molecule has 0 spiro atoms. The molecular formula is C14H19N5O2. The summed E-state index contributed by atoms with van der Waals surface area (Å²) >= 11 is 0. The summed E-state index contributed by atoms with van der Waals surface area (Å²) in [6.45, 7) is 4.61. The van der Waals surface area contributed by atoms with E-state index in [0.29, 0.717) is 23.8 Å². The number of imidazole rings is 1. The van der Waals surface area contributed by atoms with Crippen LogP contribution in [0.25, 0.3) is 0 Å². The van der Waals surface area contributed by atoms with Gasteiger partial charge in [0.15, 0.2) is 0 Å². The fraction of sp³-hybridized carbons (Fsp3) is 0.429. The van der Waals surface area contributed by atoms with Crippen LogP contribution in [0.1, 0.15) is 35.2 Å². The van der Waals surface area contributed by atoms with Crippen molar-refractivity contribution in [3.05, 3.63) is 35.7 Å². The van der Waals surface area contributed by atoms with E-state index >= 15 is 0 Å². The van der Waals surface area contributed by atoms with E-state index in [1.54, 1.807) is 20.0 Å². The molecule has 0 atom stereocenters. The molecular weight excluding hydrogens is 270 g/mol. The zero-order valence-corrected chi connectivity index (χ0v) is 12.2. The Morgan fingerprint density at radius 2 is 2.29 bits per heavy atom. The number of hydrogen-bond donors (Lipinski definition) is 2. The van der Waals surface area contributed by atoms with Gasteiger partial charge in [0.2, 0.25) is 5.95 Å². The van der Waals surface area contributed by atoms with E-state index in [2.05, 4.69) is 25.3 Å². The number of aromatic amines is 1. The van der Waals surface area contributed by atoms with E-state index in [9.17, 15) is 4.79 Å². The summed E-state index contributed by atoms with van der Waals surface area (Å²) in [7, 11) is 0. The van der Waals surface area contributed by atoms with Crippen molar-refractivity contribution in [3.8, 4) is 0 Å². The number of carbonyl (C=O) groups is 1. The average Bonchev–Trinajstić information content (AvgIpc) is 2.97. The Labute approximate surface area is 123 Å². The molecule has 0 saturated heterocycles. The molecule has 0 aliphatic rings. The molecule has 2 rings (SSSR count). The number of H-pyrrole nitrogens is 1. The number of aryl methyl sites for hydroxylation is 2. The second-order valence-electron chi connectivity index (χ2n) is 4.48. The fourth-order valence-electron chi connectivity index (χ4n) is 1.85. The maximum absolute atomic E-state index is 11.6. The van der Waals surface area contributed by atoms with Gasteiger partial charge in [0, 0.05) is 31.6 Å². The van der Waals surface area contributed by atoms with Crippen LogP contribution in [0.4, 0.5) is 5.95 Å². The maximum atomic E-state index is 11.6. The van der Waals surface area contributed by atoms with E-state index in [4.69, 9.17) is 4.74 Å². The molecule has 21 heavy (non-hydrogen) atoms. The maximum Gasteiger partial charge on any atom is 0.341 e. The van der Waals surface area contributed by atoms with Gasteiger partial charge in [-0.2, -0.15) is 0 Å². The van der Waals surface area contributed by atoms with Crippen LogP contribution in [0.15, 0.2) is 18.6 Å². The van der Waals surface area contributed by atoms with Gasteiger partial charge in [0.1, 0.15) is 5.82 Å². The minimum Gasteiger partial charge on any atom is -0.462 e. The summed E-state index contributed by atoms with van der Waals surface area (Å²) in [5, 5.41) is 3.13. The summed E-state index contributed by atoms with van der Waals surface area (Å²) in [4.78, 5) is 27.2. The summed E-state index contributed by atoms with van der Waals surface area (Å²) in [6.07, 6.45) is 6.82. The number of anilines is 1. The Hall–Kier alpha value is -2.44. The molecule has 0 fully saturated rings. The standard InChI is InChI=1S/C14H19N5O2/c1-3-21-13(20)11-9-18-14(19-10(11)2)17-6-4-5-12-15-7-8-16-12/h7-9H,3-6H2,1-2H3,(H,15,16)(H,17,18,19). The van der Waals surface area contributed by atoms with Crippen molar-refractivity contribution < 1.29 is 9.53 Å². The third-order valence-electron chi connectivity index (χ3n) is 2.90. The quantitative estimate of drug-likeness (QED) is 0.595. The second kappa shape index (κ2) is 7.37. The highest BCUT2D eigenvalue weighted by Crippen LogP contribution is 2.09. The Morgan fingerprint density at radius 3 is 2.95 bits per heavy atom. The lowest BCUT2D eigenvalue weighted by Gasteiger charge is -2.07. The first kappa shape index (κ1) is 15.0. The van der Waals surface area contributed by atoms with Gasteiger partial charge in [-0.05, 0) is 20.3 Å². The Kier molecular flexibility index (Phi) is 5.25. The van der Waals surface area contributed by atoms with Crippen LogP contribution in [0.3, 0.4) is 0 Å².